The van der Waals surface area contributed by atoms with Crippen molar-refractivity contribution in [3.05, 3.63) is 60.4 Å². The maximum absolute atomic E-state index is 13.0. The number of ether oxygens (including phenoxy) is 1. The van der Waals surface area contributed by atoms with E-state index in [1.54, 1.807) is 29.1 Å². The molecule has 0 saturated carbocycles. The average Bonchev–Trinajstić information content (AvgIpc) is 3.45. The maximum Gasteiger partial charge on any atom is 0.289 e. The second-order valence-electron chi connectivity index (χ2n) is 7.40. The second kappa shape index (κ2) is 7.75. The topological polar surface area (TPSA) is 89.5 Å². The number of aromatic nitrogens is 4. The third kappa shape index (κ3) is 3.58. The van der Waals surface area contributed by atoms with Gasteiger partial charge in [-0.15, -0.1) is 0 Å². The van der Waals surface area contributed by atoms with Crippen molar-refractivity contribution in [1.29, 1.82) is 0 Å². The van der Waals surface area contributed by atoms with Crippen LogP contribution in [0.4, 0.5) is 5.82 Å². The molecule has 9 heteroatoms. The number of piperazine rings is 1. The first-order chi connectivity index (χ1) is 15.1. The molecule has 1 saturated heterocycles. The van der Waals surface area contributed by atoms with E-state index in [1.165, 1.54) is 0 Å². The predicted octanol–water partition coefficient (Wildman–Crippen LogP) is 2.69. The van der Waals surface area contributed by atoms with Gasteiger partial charge in [-0.25, -0.2) is 14.6 Å². The number of rotatable bonds is 4. The monoisotopic (exact) mass is 418 g/mol. The van der Waals surface area contributed by atoms with Crippen LogP contribution in [-0.2, 0) is 0 Å². The number of amides is 1. The minimum Gasteiger partial charge on any atom is -0.493 e. The van der Waals surface area contributed by atoms with Crippen molar-refractivity contribution in [1.82, 2.24) is 24.6 Å². The van der Waals surface area contributed by atoms with Gasteiger partial charge in [-0.3, -0.25) is 4.79 Å². The summed E-state index contributed by atoms with van der Waals surface area (Å²) in [6.45, 7) is 4.43. The van der Waals surface area contributed by atoms with Crippen molar-refractivity contribution in [3.8, 4) is 11.6 Å². The number of hydrogen-bond donors (Lipinski definition) is 0. The van der Waals surface area contributed by atoms with Crippen LogP contribution in [0.3, 0.4) is 0 Å². The Morgan fingerprint density at radius 1 is 1.06 bits per heavy atom. The van der Waals surface area contributed by atoms with E-state index in [0.29, 0.717) is 49.1 Å². The molecule has 0 unspecified atom stereocenters. The lowest BCUT2D eigenvalue weighted by Gasteiger charge is -2.35. The molecule has 1 fully saturated rings. The molecule has 1 aliphatic rings. The van der Waals surface area contributed by atoms with Crippen molar-refractivity contribution in [2.75, 3.05) is 38.2 Å². The third-order valence-corrected chi connectivity index (χ3v) is 5.42. The number of para-hydroxylation sites is 1. The molecule has 1 aliphatic heterocycles. The van der Waals surface area contributed by atoms with Gasteiger partial charge in [0.2, 0.25) is 0 Å². The highest BCUT2D eigenvalue weighted by molar-refractivity contribution is 5.97. The number of carbonyl (C=O) groups is 1. The molecule has 0 N–H and O–H groups in total. The molecular weight excluding hydrogens is 396 g/mol. The Kier molecular flexibility index (Phi) is 4.78. The van der Waals surface area contributed by atoms with E-state index in [4.69, 9.17) is 9.15 Å². The van der Waals surface area contributed by atoms with Crippen molar-refractivity contribution in [2.24, 2.45) is 0 Å². The Morgan fingerprint density at radius 3 is 2.61 bits per heavy atom. The number of hydrogen-bond acceptors (Lipinski definition) is 7. The summed E-state index contributed by atoms with van der Waals surface area (Å²) in [6, 6.07) is 11.2. The lowest BCUT2D eigenvalue weighted by molar-refractivity contribution is 0.0716. The number of anilines is 1. The van der Waals surface area contributed by atoms with E-state index in [2.05, 4.69) is 20.0 Å². The number of nitrogens with zero attached hydrogens (tertiary/aromatic N) is 6. The molecule has 0 spiro atoms. The molecule has 0 radical (unpaired) electrons. The Balaban J connectivity index is 1.29. The average molecular weight is 418 g/mol. The molecule has 4 aromatic rings. The minimum absolute atomic E-state index is 0.117. The minimum atomic E-state index is -0.117. The van der Waals surface area contributed by atoms with E-state index in [1.807, 2.05) is 43.5 Å². The SMILES string of the molecule is COc1cccc2cc(C(=O)N3CCN(c4cc(-n5ccc(C)n5)ncn4)CC3)oc12. The van der Waals surface area contributed by atoms with Crippen molar-refractivity contribution >= 4 is 22.7 Å². The number of methoxy groups -OCH3 is 1. The summed E-state index contributed by atoms with van der Waals surface area (Å²) >= 11 is 0. The van der Waals surface area contributed by atoms with Crippen LogP contribution in [0.15, 0.2) is 53.3 Å². The van der Waals surface area contributed by atoms with E-state index in [-0.39, 0.29) is 5.91 Å². The van der Waals surface area contributed by atoms with Crippen molar-refractivity contribution in [3.63, 3.8) is 0 Å². The van der Waals surface area contributed by atoms with Crippen LogP contribution in [0.5, 0.6) is 5.75 Å². The first-order valence-corrected chi connectivity index (χ1v) is 10.1. The highest BCUT2D eigenvalue weighted by atomic mass is 16.5. The largest absolute Gasteiger partial charge is 0.493 e. The molecule has 3 aromatic heterocycles. The first-order valence-electron chi connectivity index (χ1n) is 10.1. The summed E-state index contributed by atoms with van der Waals surface area (Å²) in [4.78, 5) is 25.7. The number of benzene rings is 1. The van der Waals surface area contributed by atoms with Crippen LogP contribution >= 0.6 is 0 Å². The maximum atomic E-state index is 13.0. The van der Waals surface area contributed by atoms with Gasteiger partial charge in [-0.1, -0.05) is 12.1 Å². The summed E-state index contributed by atoms with van der Waals surface area (Å²) in [5.41, 5.74) is 1.52. The number of aryl methyl sites for hydroxylation is 1. The van der Waals surface area contributed by atoms with Gasteiger partial charge < -0.3 is 19.0 Å². The normalized spacial score (nSPS) is 14.3. The van der Waals surface area contributed by atoms with E-state index in [9.17, 15) is 4.79 Å². The lowest BCUT2D eigenvalue weighted by atomic mass is 10.2. The number of carbonyl (C=O) groups excluding carboxylic acids is 1. The zero-order valence-corrected chi connectivity index (χ0v) is 17.4. The zero-order valence-electron chi connectivity index (χ0n) is 17.4. The number of furan rings is 1. The fraction of sp³-hybridized carbons (Fsp3) is 0.273. The predicted molar refractivity (Wildman–Crippen MR) is 115 cm³/mol. The quantitative estimate of drug-likeness (QED) is 0.503. The Hall–Kier alpha value is -3.88. The molecule has 31 heavy (non-hydrogen) atoms. The van der Waals surface area contributed by atoms with Crippen molar-refractivity contribution < 1.29 is 13.9 Å². The molecule has 5 rings (SSSR count). The van der Waals surface area contributed by atoms with Gasteiger partial charge in [0.15, 0.2) is 22.9 Å². The summed E-state index contributed by atoms with van der Waals surface area (Å²) < 4.78 is 12.9. The molecule has 0 atom stereocenters. The van der Waals surface area contributed by atoms with Crippen LogP contribution in [0.1, 0.15) is 16.2 Å². The number of fused-ring (bicyclic) bond motifs is 1. The summed E-state index contributed by atoms with van der Waals surface area (Å²) in [7, 11) is 1.59. The summed E-state index contributed by atoms with van der Waals surface area (Å²) in [5.74, 6) is 2.36. The zero-order chi connectivity index (χ0) is 21.4. The van der Waals surface area contributed by atoms with E-state index < -0.39 is 0 Å². The van der Waals surface area contributed by atoms with Gasteiger partial charge in [0.05, 0.1) is 12.8 Å². The second-order valence-corrected chi connectivity index (χ2v) is 7.40. The summed E-state index contributed by atoms with van der Waals surface area (Å²) in [5, 5.41) is 5.25. The van der Waals surface area contributed by atoms with E-state index in [0.717, 1.165) is 16.9 Å². The molecule has 9 nitrogen and oxygen atoms in total. The smallest absolute Gasteiger partial charge is 0.289 e. The van der Waals surface area contributed by atoms with Gasteiger partial charge in [0, 0.05) is 43.8 Å². The van der Waals surface area contributed by atoms with Crippen LogP contribution < -0.4 is 9.64 Å². The highest BCUT2D eigenvalue weighted by Gasteiger charge is 2.26. The van der Waals surface area contributed by atoms with Gasteiger partial charge in [-0.2, -0.15) is 5.10 Å². The Labute approximate surface area is 178 Å². The van der Waals surface area contributed by atoms with Crippen LogP contribution in [-0.4, -0.2) is 63.8 Å². The summed E-state index contributed by atoms with van der Waals surface area (Å²) in [6.07, 6.45) is 3.42. The fourth-order valence-electron chi connectivity index (χ4n) is 3.78. The lowest BCUT2D eigenvalue weighted by Crippen LogP contribution is -2.49. The van der Waals surface area contributed by atoms with Crippen molar-refractivity contribution in [2.45, 2.75) is 6.92 Å². The molecular formula is C22H22N6O3. The van der Waals surface area contributed by atoms with Crippen LogP contribution in [0.2, 0.25) is 0 Å². The molecule has 1 aromatic carbocycles. The first kappa shape index (κ1) is 19.1. The molecule has 4 heterocycles. The molecule has 0 bridgehead atoms. The molecule has 158 valence electrons. The van der Waals surface area contributed by atoms with Crippen LogP contribution in [0, 0.1) is 6.92 Å². The van der Waals surface area contributed by atoms with Crippen LogP contribution in [0.25, 0.3) is 16.8 Å². The Morgan fingerprint density at radius 2 is 1.87 bits per heavy atom. The molecule has 1 amide bonds. The standard InChI is InChI=1S/C22H22N6O3/c1-15-6-7-28(25-15)20-13-19(23-14-24-20)26-8-10-27(11-9-26)22(29)18-12-16-4-3-5-17(30-2)21(16)31-18/h3-7,12-14H,8-11H2,1-2H3. The highest BCUT2D eigenvalue weighted by Crippen LogP contribution is 2.29. The van der Waals surface area contributed by atoms with Gasteiger partial charge in [-0.05, 0) is 25.1 Å². The Bertz CT molecular complexity index is 1240. The fourth-order valence-corrected chi connectivity index (χ4v) is 3.78. The van der Waals surface area contributed by atoms with Gasteiger partial charge in [0.25, 0.3) is 5.91 Å². The van der Waals surface area contributed by atoms with Gasteiger partial charge in [0.1, 0.15) is 12.1 Å². The van der Waals surface area contributed by atoms with E-state index >= 15 is 0 Å². The molecule has 0 aliphatic carbocycles. The van der Waals surface area contributed by atoms with Gasteiger partial charge >= 0.3 is 0 Å². The third-order valence-electron chi connectivity index (χ3n) is 5.42.